The first-order valence-corrected chi connectivity index (χ1v) is 12.1. The number of unbranched alkanes of at least 4 members (excludes halogenated alkanes) is 6. The molecule has 0 aliphatic carbocycles. The third-order valence-electron chi connectivity index (χ3n) is 5.60. The second kappa shape index (κ2) is 17.9. The summed E-state index contributed by atoms with van der Waals surface area (Å²) < 4.78 is 18.5. The number of ether oxygens (including phenoxy) is 3. The van der Waals surface area contributed by atoms with Crippen molar-refractivity contribution >= 4 is 0 Å². The van der Waals surface area contributed by atoms with Crippen molar-refractivity contribution in [3.05, 3.63) is 0 Å². The zero-order valence-corrected chi connectivity index (χ0v) is 19.5. The maximum absolute atomic E-state index is 6.17. The summed E-state index contributed by atoms with van der Waals surface area (Å²) in [5.41, 5.74) is 0. The van der Waals surface area contributed by atoms with Crippen molar-refractivity contribution in [2.24, 2.45) is 11.8 Å². The third kappa shape index (κ3) is 11.5. The van der Waals surface area contributed by atoms with Crippen molar-refractivity contribution < 1.29 is 14.2 Å². The molecule has 0 saturated carbocycles. The summed E-state index contributed by atoms with van der Waals surface area (Å²) in [7, 11) is 0. The van der Waals surface area contributed by atoms with E-state index in [4.69, 9.17) is 14.2 Å². The molecule has 0 aromatic carbocycles. The van der Waals surface area contributed by atoms with Crippen LogP contribution in [-0.2, 0) is 14.2 Å². The van der Waals surface area contributed by atoms with E-state index in [0.717, 1.165) is 18.8 Å². The first-order valence-electron chi connectivity index (χ1n) is 12.1. The van der Waals surface area contributed by atoms with Crippen LogP contribution in [0, 0.1) is 11.8 Å². The summed E-state index contributed by atoms with van der Waals surface area (Å²) >= 11 is 0. The van der Waals surface area contributed by atoms with E-state index in [1.54, 1.807) is 0 Å². The van der Waals surface area contributed by atoms with Crippen LogP contribution < -0.4 is 0 Å². The van der Waals surface area contributed by atoms with Crippen LogP contribution >= 0.6 is 0 Å². The van der Waals surface area contributed by atoms with E-state index >= 15 is 0 Å². The lowest BCUT2D eigenvalue weighted by atomic mass is 9.84. The molecule has 0 amide bonds. The molecule has 0 spiro atoms. The van der Waals surface area contributed by atoms with Gasteiger partial charge in [0.05, 0.1) is 0 Å². The van der Waals surface area contributed by atoms with Gasteiger partial charge in [0.2, 0.25) is 0 Å². The van der Waals surface area contributed by atoms with Gasteiger partial charge in [-0.25, -0.2) is 0 Å². The molecule has 0 aromatic rings. The summed E-state index contributed by atoms with van der Waals surface area (Å²) in [4.78, 5) is 0. The maximum atomic E-state index is 6.17. The second-order valence-corrected chi connectivity index (χ2v) is 7.81. The number of hydrogen-bond acceptors (Lipinski definition) is 3. The predicted molar refractivity (Wildman–Crippen MR) is 117 cm³/mol. The monoisotopic (exact) mass is 386 g/mol. The SMILES string of the molecule is CCCCCCCCC(CC(CC)CCCC)C(OCC)(OCC)OCC. The van der Waals surface area contributed by atoms with Crippen molar-refractivity contribution in [2.45, 2.75) is 125 Å². The van der Waals surface area contributed by atoms with E-state index in [1.165, 1.54) is 64.2 Å². The van der Waals surface area contributed by atoms with E-state index in [9.17, 15) is 0 Å². The Hall–Kier alpha value is -0.120. The van der Waals surface area contributed by atoms with Crippen LogP contribution in [0.25, 0.3) is 0 Å². The average molecular weight is 387 g/mol. The fraction of sp³-hybridized carbons (Fsp3) is 1.00. The smallest absolute Gasteiger partial charge is 0.285 e. The van der Waals surface area contributed by atoms with Crippen molar-refractivity contribution in [1.82, 2.24) is 0 Å². The van der Waals surface area contributed by atoms with E-state index in [1.807, 2.05) is 20.8 Å². The molecule has 0 heterocycles. The standard InChI is InChI=1S/C24H50O3/c1-7-13-15-16-17-18-20-23(21-22(9-3)19-14-8-2)24(25-10-4,26-11-5)27-12-6/h22-23H,7-21H2,1-6H3. The minimum Gasteiger partial charge on any atom is -0.328 e. The normalized spacial score (nSPS) is 14.4. The Bertz CT molecular complexity index is 289. The maximum Gasteiger partial charge on any atom is 0.285 e. The highest BCUT2D eigenvalue weighted by Crippen LogP contribution is 2.37. The average Bonchev–Trinajstić information content (AvgIpc) is 2.66. The fourth-order valence-corrected chi connectivity index (χ4v) is 4.08. The van der Waals surface area contributed by atoms with Crippen molar-refractivity contribution in [2.75, 3.05) is 19.8 Å². The summed E-state index contributed by atoms with van der Waals surface area (Å²) in [5, 5.41) is 0. The molecule has 27 heavy (non-hydrogen) atoms. The summed E-state index contributed by atoms with van der Waals surface area (Å²) in [6.07, 6.45) is 15.3. The molecule has 0 aliphatic rings. The Morgan fingerprint density at radius 3 is 1.59 bits per heavy atom. The molecule has 3 heteroatoms. The first kappa shape index (κ1) is 26.9. The van der Waals surface area contributed by atoms with Gasteiger partial charge in [0.25, 0.3) is 5.97 Å². The Balaban J connectivity index is 5.11. The zero-order valence-electron chi connectivity index (χ0n) is 19.5. The van der Waals surface area contributed by atoms with Gasteiger partial charge in [0, 0.05) is 25.7 Å². The van der Waals surface area contributed by atoms with Crippen molar-refractivity contribution in [3.63, 3.8) is 0 Å². The molecule has 0 radical (unpaired) electrons. The minimum atomic E-state index is -0.860. The van der Waals surface area contributed by atoms with Crippen LogP contribution in [-0.4, -0.2) is 25.8 Å². The summed E-state index contributed by atoms with van der Waals surface area (Å²) in [6.45, 7) is 14.9. The van der Waals surface area contributed by atoms with Crippen LogP contribution in [0.15, 0.2) is 0 Å². The van der Waals surface area contributed by atoms with E-state index in [-0.39, 0.29) is 0 Å². The van der Waals surface area contributed by atoms with Crippen LogP contribution in [0.5, 0.6) is 0 Å². The zero-order chi connectivity index (χ0) is 20.4. The Labute approximate surface area is 170 Å². The van der Waals surface area contributed by atoms with E-state index in [0.29, 0.717) is 25.7 Å². The molecule has 2 unspecified atom stereocenters. The fourth-order valence-electron chi connectivity index (χ4n) is 4.08. The van der Waals surface area contributed by atoms with Gasteiger partial charge in [0.1, 0.15) is 0 Å². The molecule has 0 N–H and O–H groups in total. The number of hydrogen-bond donors (Lipinski definition) is 0. The molecular weight excluding hydrogens is 336 g/mol. The van der Waals surface area contributed by atoms with E-state index < -0.39 is 5.97 Å². The lowest BCUT2D eigenvalue weighted by Gasteiger charge is -2.40. The Morgan fingerprint density at radius 1 is 0.593 bits per heavy atom. The largest absolute Gasteiger partial charge is 0.328 e. The topological polar surface area (TPSA) is 27.7 Å². The van der Waals surface area contributed by atoms with Crippen LogP contribution in [0.2, 0.25) is 0 Å². The van der Waals surface area contributed by atoms with Gasteiger partial charge in [-0.05, 0) is 39.5 Å². The van der Waals surface area contributed by atoms with Crippen molar-refractivity contribution in [3.8, 4) is 0 Å². The van der Waals surface area contributed by atoms with Gasteiger partial charge < -0.3 is 14.2 Å². The first-order chi connectivity index (χ1) is 13.1. The van der Waals surface area contributed by atoms with Gasteiger partial charge in [-0.3, -0.25) is 0 Å². The molecule has 0 bridgehead atoms. The van der Waals surface area contributed by atoms with Crippen LogP contribution in [0.3, 0.4) is 0 Å². The summed E-state index contributed by atoms with van der Waals surface area (Å²) in [6, 6.07) is 0. The van der Waals surface area contributed by atoms with E-state index in [2.05, 4.69) is 20.8 Å². The van der Waals surface area contributed by atoms with Gasteiger partial charge in [0.15, 0.2) is 0 Å². The Kier molecular flexibility index (Phi) is 17.9. The van der Waals surface area contributed by atoms with Gasteiger partial charge in [-0.2, -0.15) is 0 Å². The quantitative estimate of drug-likeness (QED) is 0.158. The molecule has 164 valence electrons. The van der Waals surface area contributed by atoms with Gasteiger partial charge in [-0.15, -0.1) is 0 Å². The molecule has 0 aliphatic heterocycles. The molecule has 0 saturated heterocycles. The summed E-state index contributed by atoms with van der Waals surface area (Å²) in [5.74, 6) is 0.183. The lowest BCUT2D eigenvalue weighted by molar-refractivity contribution is -0.404. The molecule has 0 aromatic heterocycles. The highest BCUT2D eigenvalue weighted by molar-refractivity contribution is 4.76. The highest BCUT2D eigenvalue weighted by Gasteiger charge is 2.42. The highest BCUT2D eigenvalue weighted by atomic mass is 16.9. The molecular formula is C24H50O3. The van der Waals surface area contributed by atoms with Gasteiger partial charge in [-0.1, -0.05) is 85.0 Å². The molecule has 3 nitrogen and oxygen atoms in total. The second-order valence-electron chi connectivity index (χ2n) is 7.81. The van der Waals surface area contributed by atoms with Gasteiger partial charge >= 0.3 is 0 Å². The third-order valence-corrected chi connectivity index (χ3v) is 5.60. The molecule has 0 rings (SSSR count). The molecule has 2 atom stereocenters. The minimum absolute atomic E-state index is 0.310. The van der Waals surface area contributed by atoms with Crippen molar-refractivity contribution in [1.29, 1.82) is 0 Å². The van der Waals surface area contributed by atoms with Crippen LogP contribution in [0.1, 0.15) is 119 Å². The molecule has 0 fully saturated rings. The number of rotatable bonds is 20. The van der Waals surface area contributed by atoms with Crippen LogP contribution in [0.4, 0.5) is 0 Å². The predicted octanol–water partition coefficient (Wildman–Crippen LogP) is 7.72. The Morgan fingerprint density at radius 2 is 1.11 bits per heavy atom. The lowest BCUT2D eigenvalue weighted by Crippen LogP contribution is -2.47.